The van der Waals surface area contributed by atoms with E-state index in [1.165, 1.54) is 44.5 Å². The second-order valence-electron chi connectivity index (χ2n) is 7.94. The zero-order chi connectivity index (χ0) is 21.3. The van der Waals surface area contributed by atoms with E-state index in [-0.39, 0.29) is 0 Å². The van der Waals surface area contributed by atoms with Crippen LogP contribution < -0.4 is 10.6 Å². The molecule has 0 aromatic heterocycles. The van der Waals surface area contributed by atoms with Crippen molar-refractivity contribution in [3.8, 4) is 5.75 Å². The Morgan fingerprint density at radius 2 is 1.38 bits per heavy atom. The fourth-order valence-corrected chi connectivity index (χ4v) is 3.58. The monoisotopic (exact) mass is 407 g/mol. The Labute approximate surface area is 178 Å². The van der Waals surface area contributed by atoms with Gasteiger partial charge in [0.05, 0.1) is 54.5 Å². The lowest BCUT2D eigenvalue weighted by Crippen LogP contribution is -2.46. The molecule has 29 heavy (non-hydrogen) atoms. The summed E-state index contributed by atoms with van der Waals surface area (Å²) in [7, 11) is 8.51. The van der Waals surface area contributed by atoms with Crippen molar-refractivity contribution in [2.45, 2.75) is 51.4 Å². The van der Waals surface area contributed by atoms with Gasteiger partial charge in [-0.25, -0.2) is 5.90 Å². The zero-order valence-corrected chi connectivity index (χ0v) is 19.1. The number of rotatable bonds is 15. The van der Waals surface area contributed by atoms with E-state index in [1.54, 1.807) is 0 Å². The van der Waals surface area contributed by atoms with E-state index >= 15 is 0 Å². The highest BCUT2D eigenvalue weighted by Crippen LogP contribution is 2.11. The van der Waals surface area contributed by atoms with Gasteiger partial charge < -0.3 is 9.57 Å². The predicted octanol–water partition coefficient (Wildman–Crippen LogP) is 3.57. The molecule has 0 aliphatic carbocycles. The minimum atomic E-state index is 0.657. The van der Waals surface area contributed by atoms with Crippen LogP contribution in [0.15, 0.2) is 30.3 Å². The van der Waals surface area contributed by atoms with Crippen molar-refractivity contribution >= 4 is 5.96 Å². The normalized spacial score (nSPS) is 10.7. The van der Waals surface area contributed by atoms with Crippen LogP contribution in [-0.4, -0.2) is 74.8 Å². The second-order valence-corrected chi connectivity index (χ2v) is 7.94. The van der Waals surface area contributed by atoms with Crippen molar-refractivity contribution in [3.63, 3.8) is 0 Å². The van der Waals surface area contributed by atoms with Gasteiger partial charge in [-0.15, -0.1) is 0 Å². The highest BCUT2D eigenvalue weighted by Gasteiger charge is 2.21. The summed E-state index contributed by atoms with van der Waals surface area (Å²) in [4.78, 5) is 9.40. The number of benzene rings is 1. The van der Waals surface area contributed by atoms with Crippen molar-refractivity contribution < 1.29 is 14.1 Å². The molecule has 0 saturated carbocycles. The number of hydrogen-bond acceptors (Lipinski definition) is 3. The molecule has 0 aliphatic rings. The molecule has 0 atom stereocenters. The number of guanidine groups is 1. The fraction of sp³-hybridized carbons (Fsp3) is 0.696. The van der Waals surface area contributed by atoms with E-state index < -0.39 is 0 Å². The third kappa shape index (κ3) is 11.7. The average Bonchev–Trinajstić information content (AvgIpc) is 2.69. The molecule has 0 aliphatic heterocycles. The van der Waals surface area contributed by atoms with Crippen LogP contribution in [0.25, 0.3) is 0 Å². The first-order valence-corrected chi connectivity index (χ1v) is 11.0. The van der Waals surface area contributed by atoms with Crippen LogP contribution in [0.2, 0.25) is 0 Å². The van der Waals surface area contributed by atoms with Crippen LogP contribution in [0.5, 0.6) is 5.75 Å². The first-order chi connectivity index (χ1) is 14.1. The van der Waals surface area contributed by atoms with Gasteiger partial charge in [0.25, 0.3) is 0 Å². The van der Waals surface area contributed by atoms with Crippen molar-refractivity contribution in [2.24, 2.45) is 5.90 Å². The van der Waals surface area contributed by atoms with Crippen molar-refractivity contribution in [3.05, 3.63) is 30.3 Å². The first kappa shape index (κ1) is 25.2. The molecule has 0 amide bonds. The lowest BCUT2D eigenvalue weighted by atomic mass is 10.1. The lowest BCUT2D eigenvalue weighted by Gasteiger charge is -2.25. The Morgan fingerprint density at radius 1 is 0.828 bits per heavy atom. The molecule has 0 unspecified atom stereocenters. The van der Waals surface area contributed by atoms with Gasteiger partial charge in [-0.3, -0.25) is 14.4 Å². The van der Waals surface area contributed by atoms with Gasteiger partial charge in [0.2, 0.25) is 0 Å². The Balaban J connectivity index is 2.31. The van der Waals surface area contributed by atoms with E-state index in [0.29, 0.717) is 6.61 Å². The van der Waals surface area contributed by atoms with Gasteiger partial charge in [0.15, 0.2) is 0 Å². The van der Waals surface area contributed by atoms with Crippen LogP contribution in [0.4, 0.5) is 0 Å². The number of ether oxygens (including phenoxy) is 1. The summed E-state index contributed by atoms with van der Waals surface area (Å²) in [6.07, 6.45) is 9.37. The highest BCUT2D eigenvalue weighted by molar-refractivity contribution is 5.74. The molecule has 0 bridgehead atoms. The molecule has 6 heteroatoms. The summed E-state index contributed by atoms with van der Waals surface area (Å²) in [5.74, 6) is 7.34. The predicted molar refractivity (Wildman–Crippen MR) is 121 cm³/mol. The van der Waals surface area contributed by atoms with Crippen molar-refractivity contribution in [1.29, 1.82) is 0 Å². The minimum Gasteiger partial charge on any atom is -0.494 e. The molecule has 0 fully saturated rings. The van der Waals surface area contributed by atoms with Gasteiger partial charge >= 0.3 is 5.96 Å². The van der Waals surface area contributed by atoms with Crippen molar-refractivity contribution in [1.82, 2.24) is 9.80 Å². The summed E-state index contributed by atoms with van der Waals surface area (Å²) >= 11 is 0. The minimum absolute atomic E-state index is 0.657. The largest absolute Gasteiger partial charge is 0.494 e. The quantitative estimate of drug-likeness (QED) is 0.158. The summed E-state index contributed by atoms with van der Waals surface area (Å²) in [6.45, 7) is 3.64. The maximum atomic E-state index is 5.78. The molecule has 1 aromatic rings. The standard InChI is InChI=1S/C23H43N4O2/c1-25(2)23(26(3)4)27(19-13-6-8-15-21-29-24)18-12-5-7-14-20-28-22-16-10-9-11-17-22/h9-11,16-17H,5-8,12-15,18-21,24H2,1-4H3/q+1. The summed E-state index contributed by atoms with van der Waals surface area (Å²) in [6, 6.07) is 10.1. The van der Waals surface area contributed by atoms with Gasteiger partial charge in [-0.2, -0.15) is 0 Å². The number of nitrogens with two attached hydrogens (primary N) is 1. The maximum Gasteiger partial charge on any atom is 0.349 e. The molecule has 2 N–H and O–H groups in total. The first-order valence-electron chi connectivity index (χ1n) is 11.0. The van der Waals surface area contributed by atoms with Gasteiger partial charge in [0, 0.05) is 0 Å². The van der Waals surface area contributed by atoms with Crippen LogP contribution in [0.3, 0.4) is 0 Å². The molecule has 1 rings (SSSR count). The van der Waals surface area contributed by atoms with Gasteiger partial charge in [-0.1, -0.05) is 37.5 Å². The molecule has 1 aromatic carbocycles. The van der Waals surface area contributed by atoms with Crippen LogP contribution in [0, 0.1) is 0 Å². The third-order valence-corrected chi connectivity index (χ3v) is 4.86. The molecule has 166 valence electrons. The van der Waals surface area contributed by atoms with Crippen LogP contribution >= 0.6 is 0 Å². The van der Waals surface area contributed by atoms with Crippen LogP contribution in [0.1, 0.15) is 51.4 Å². The summed E-state index contributed by atoms with van der Waals surface area (Å²) in [5.41, 5.74) is 0. The maximum absolute atomic E-state index is 5.78. The van der Waals surface area contributed by atoms with Gasteiger partial charge in [0.1, 0.15) is 5.75 Å². The number of para-hydroxylation sites is 1. The average molecular weight is 408 g/mol. The summed E-state index contributed by atoms with van der Waals surface area (Å²) < 4.78 is 8.00. The fourth-order valence-electron chi connectivity index (χ4n) is 3.58. The number of nitrogens with zero attached hydrogens (tertiary/aromatic N) is 3. The third-order valence-electron chi connectivity index (χ3n) is 4.86. The Hall–Kier alpha value is -1.79. The van der Waals surface area contributed by atoms with E-state index in [4.69, 9.17) is 10.6 Å². The molecular weight excluding hydrogens is 364 g/mol. The summed E-state index contributed by atoms with van der Waals surface area (Å²) in [5, 5.41) is 0. The molecular formula is C23H43N4O2+. The number of hydrogen-bond donors (Lipinski definition) is 1. The second kappa shape index (κ2) is 16.1. The molecule has 6 nitrogen and oxygen atoms in total. The molecule has 0 spiro atoms. The topological polar surface area (TPSA) is 54.0 Å². The SMILES string of the molecule is CN(C)C(N(CCCCCCON)CCCCCCOc1ccccc1)=[N+](C)C. The van der Waals surface area contributed by atoms with Crippen molar-refractivity contribution in [2.75, 3.05) is 54.5 Å². The lowest BCUT2D eigenvalue weighted by molar-refractivity contribution is -0.476. The smallest absolute Gasteiger partial charge is 0.349 e. The highest BCUT2D eigenvalue weighted by atomic mass is 16.6. The van der Waals surface area contributed by atoms with E-state index in [9.17, 15) is 0 Å². The Kier molecular flexibility index (Phi) is 14.0. The van der Waals surface area contributed by atoms with Gasteiger partial charge in [-0.05, 0) is 44.2 Å². The van der Waals surface area contributed by atoms with E-state index in [0.717, 1.165) is 38.3 Å². The van der Waals surface area contributed by atoms with E-state index in [2.05, 4.69) is 47.4 Å². The molecule has 0 radical (unpaired) electrons. The molecule has 0 heterocycles. The zero-order valence-electron chi connectivity index (χ0n) is 19.1. The molecule has 0 saturated heterocycles. The number of unbranched alkanes of at least 4 members (excludes halogenated alkanes) is 6. The Bertz CT molecular complexity index is 545. The Morgan fingerprint density at radius 3 is 1.90 bits per heavy atom. The van der Waals surface area contributed by atoms with E-state index in [1.807, 2.05) is 30.3 Å². The van der Waals surface area contributed by atoms with Crippen LogP contribution in [-0.2, 0) is 4.84 Å².